The highest BCUT2D eigenvalue weighted by molar-refractivity contribution is 6.07. The number of hydrogen-bond acceptors (Lipinski definition) is 5. The van der Waals surface area contributed by atoms with Crippen molar-refractivity contribution < 1.29 is 9.59 Å². The number of hydrogen-bond donors (Lipinski definition) is 2. The molecule has 0 saturated carbocycles. The first-order valence-corrected chi connectivity index (χ1v) is 9.61. The number of pyridine rings is 2. The fourth-order valence-electron chi connectivity index (χ4n) is 3.12. The minimum atomic E-state index is -0.333. The van der Waals surface area contributed by atoms with Crippen molar-refractivity contribution in [2.24, 2.45) is 5.10 Å². The topological polar surface area (TPSA) is 96.3 Å². The highest BCUT2D eigenvalue weighted by Gasteiger charge is 2.13. The van der Waals surface area contributed by atoms with Gasteiger partial charge in [0.25, 0.3) is 5.91 Å². The van der Waals surface area contributed by atoms with Crippen molar-refractivity contribution in [2.45, 2.75) is 6.92 Å². The third kappa shape index (κ3) is 4.79. The van der Waals surface area contributed by atoms with Gasteiger partial charge < -0.3 is 5.32 Å². The summed E-state index contributed by atoms with van der Waals surface area (Å²) in [6.45, 7) is 1.45. The van der Waals surface area contributed by atoms with Crippen LogP contribution in [0.3, 0.4) is 0 Å². The molecule has 2 aromatic carbocycles. The van der Waals surface area contributed by atoms with Crippen molar-refractivity contribution in [3.8, 4) is 11.3 Å². The predicted octanol–water partition coefficient (Wildman–Crippen LogP) is 4.02. The number of hydrazone groups is 1. The molecule has 4 aromatic rings. The monoisotopic (exact) mass is 409 g/mol. The Balaban J connectivity index is 1.57. The zero-order valence-electron chi connectivity index (χ0n) is 16.7. The third-order valence-electron chi connectivity index (χ3n) is 4.55. The van der Waals surface area contributed by atoms with Gasteiger partial charge in [-0.3, -0.25) is 14.6 Å². The number of amides is 2. The lowest BCUT2D eigenvalue weighted by molar-refractivity contribution is -0.114. The van der Waals surface area contributed by atoms with E-state index in [1.165, 1.54) is 6.92 Å². The van der Waals surface area contributed by atoms with E-state index in [1.807, 2.05) is 36.4 Å². The highest BCUT2D eigenvalue weighted by Crippen LogP contribution is 2.24. The lowest BCUT2D eigenvalue weighted by Crippen LogP contribution is -2.18. The molecule has 2 amide bonds. The van der Waals surface area contributed by atoms with Crippen molar-refractivity contribution in [1.29, 1.82) is 0 Å². The molecule has 0 unspecified atom stereocenters. The van der Waals surface area contributed by atoms with E-state index in [0.717, 1.165) is 22.0 Å². The Labute approximate surface area is 178 Å². The summed E-state index contributed by atoms with van der Waals surface area (Å²) in [5.74, 6) is -0.468. The second-order valence-electron chi connectivity index (χ2n) is 6.81. The van der Waals surface area contributed by atoms with Crippen molar-refractivity contribution in [1.82, 2.24) is 15.4 Å². The maximum atomic E-state index is 12.9. The normalized spacial score (nSPS) is 10.9. The Bertz CT molecular complexity index is 1270. The van der Waals surface area contributed by atoms with Gasteiger partial charge in [0.05, 0.1) is 23.0 Å². The molecule has 7 heteroatoms. The number of nitrogens with zero attached hydrogens (tertiary/aromatic N) is 3. The molecule has 31 heavy (non-hydrogen) atoms. The van der Waals surface area contributed by atoms with E-state index in [4.69, 9.17) is 0 Å². The lowest BCUT2D eigenvalue weighted by Gasteiger charge is -2.09. The summed E-state index contributed by atoms with van der Waals surface area (Å²) in [7, 11) is 0. The number of anilines is 1. The van der Waals surface area contributed by atoms with Gasteiger partial charge in [-0.15, -0.1) is 0 Å². The number of benzene rings is 2. The molecule has 2 heterocycles. The van der Waals surface area contributed by atoms with Gasteiger partial charge in [-0.05, 0) is 42.0 Å². The molecule has 152 valence electrons. The summed E-state index contributed by atoms with van der Waals surface area (Å²) in [5.41, 5.74) is 6.83. The number of fused-ring (bicyclic) bond motifs is 1. The van der Waals surface area contributed by atoms with E-state index < -0.39 is 0 Å². The lowest BCUT2D eigenvalue weighted by atomic mass is 10.0. The third-order valence-corrected chi connectivity index (χ3v) is 4.55. The van der Waals surface area contributed by atoms with E-state index in [-0.39, 0.29) is 11.8 Å². The largest absolute Gasteiger partial charge is 0.326 e. The van der Waals surface area contributed by atoms with Gasteiger partial charge in [-0.1, -0.05) is 30.3 Å². The van der Waals surface area contributed by atoms with Gasteiger partial charge in [-0.2, -0.15) is 5.10 Å². The van der Waals surface area contributed by atoms with Gasteiger partial charge >= 0.3 is 0 Å². The molecule has 0 aliphatic heterocycles. The van der Waals surface area contributed by atoms with Crippen LogP contribution in [0.25, 0.3) is 22.2 Å². The highest BCUT2D eigenvalue weighted by atomic mass is 16.2. The molecule has 0 fully saturated rings. The summed E-state index contributed by atoms with van der Waals surface area (Å²) in [5, 5.41) is 7.52. The number of rotatable bonds is 5. The number of carbonyl (C=O) groups is 2. The predicted molar refractivity (Wildman–Crippen MR) is 121 cm³/mol. The number of carbonyl (C=O) groups excluding carboxylic acids is 2. The van der Waals surface area contributed by atoms with Crippen LogP contribution in [-0.4, -0.2) is 28.0 Å². The minimum Gasteiger partial charge on any atom is -0.326 e. The van der Waals surface area contributed by atoms with Crippen LogP contribution in [0.15, 0.2) is 84.2 Å². The molecular weight excluding hydrogens is 390 g/mol. The second-order valence-corrected chi connectivity index (χ2v) is 6.81. The van der Waals surface area contributed by atoms with Crippen molar-refractivity contribution in [3.63, 3.8) is 0 Å². The Morgan fingerprint density at radius 3 is 2.45 bits per heavy atom. The average Bonchev–Trinajstić information content (AvgIpc) is 2.79. The summed E-state index contributed by atoms with van der Waals surface area (Å²) in [6, 6.07) is 20.1. The minimum absolute atomic E-state index is 0.135. The summed E-state index contributed by atoms with van der Waals surface area (Å²) in [4.78, 5) is 32.7. The Hall–Kier alpha value is -4.39. The van der Waals surface area contributed by atoms with Crippen LogP contribution in [0.5, 0.6) is 0 Å². The molecule has 0 radical (unpaired) electrons. The molecule has 0 atom stereocenters. The SMILES string of the molecule is CC(=O)Nc1ccc(/C=N/NC(=O)c2cc(-c3ccncc3)nc3ccccc23)cc1. The molecule has 0 aliphatic rings. The van der Waals surface area contributed by atoms with Crippen LogP contribution in [0.4, 0.5) is 5.69 Å². The van der Waals surface area contributed by atoms with Crippen LogP contribution in [0.2, 0.25) is 0 Å². The van der Waals surface area contributed by atoms with E-state index >= 15 is 0 Å². The number of aromatic nitrogens is 2. The maximum Gasteiger partial charge on any atom is 0.272 e. The molecule has 0 aliphatic carbocycles. The Morgan fingerprint density at radius 1 is 0.968 bits per heavy atom. The van der Waals surface area contributed by atoms with Crippen LogP contribution in [0.1, 0.15) is 22.8 Å². The van der Waals surface area contributed by atoms with Gasteiger partial charge in [0.1, 0.15) is 0 Å². The van der Waals surface area contributed by atoms with Crippen LogP contribution in [-0.2, 0) is 4.79 Å². The number of nitrogens with one attached hydrogen (secondary N) is 2. The first-order valence-electron chi connectivity index (χ1n) is 9.61. The number of para-hydroxylation sites is 1. The summed E-state index contributed by atoms with van der Waals surface area (Å²) in [6.07, 6.45) is 4.92. The van der Waals surface area contributed by atoms with Crippen molar-refractivity contribution >= 4 is 34.6 Å². The Kier molecular flexibility index (Phi) is 5.75. The first-order chi connectivity index (χ1) is 15.1. The van der Waals surface area contributed by atoms with Gasteiger partial charge in [-0.25, -0.2) is 10.4 Å². The van der Waals surface area contributed by atoms with Crippen LogP contribution < -0.4 is 10.7 Å². The standard InChI is InChI=1S/C24H19N5O2/c1-16(30)27-19-8-6-17(7-9-19)15-26-29-24(31)21-14-23(18-10-12-25-13-11-18)28-22-5-3-2-4-20(21)22/h2-15H,1H3,(H,27,30)(H,29,31)/b26-15+. The van der Waals surface area contributed by atoms with E-state index in [1.54, 1.807) is 48.9 Å². The van der Waals surface area contributed by atoms with E-state index in [2.05, 4.69) is 25.8 Å². The zero-order valence-corrected chi connectivity index (χ0v) is 16.7. The fraction of sp³-hybridized carbons (Fsp3) is 0.0417. The molecular formula is C24H19N5O2. The second kappa shape index (κ2) is 8.96. The molecule has 7 nitrogen and oxygen atoms in total. The summed E-state index contributed by atoms with van der Waals surface area (Å²) >= 11 is 0. The fourth-order valence-corrected chi connectivity index (χ4v) is 3.12. The van der Waals surface area contributed by atoms with Gasteiger partial charge in [0.2, 0.25) is 5.91 Å². The van der Waals surface area contributed by atoms with E-state index in [0.29, 0.717) is 16.9 Å². The zero-order chi connectivity index (χ0) is 21.6. The smallest absolute Gasteiger partial charge is 0.272 e. The first kappa shape index (κ1) is 19.9. The van der Waals surface area contributed by atoms with Crippen molar-refractivity contribution in [3.05, 3.63) is 90.3 Å². The van der Waals surface area contributed by atoms with Gasteiger partial charge in [0, 0.05) is 36.0 Å². The quantitative estimate of drug-likeness (QED) is 0.384. The summed E-state index contributed by atoms with van der Waals surface area (Å²) < 4.78 is 0. The molecule has 4 rings (SSSR count). The van der Waals surface area contributed by atoms with Crippen molar-refractivity contribution in [2.75, 3.05) is 5.32 Å². The van der Waals surface area contributed by atoms with E-state index in [9.17, 15) is 9.59 Å². The van der Waals surface area contributed by atoms with Crippen LogP contribution >= 0.6 is 0 Å². The molecule has 0 saturated heterocycles. The average molecular weight is 409 g/mol. The maximum absolute atomic E-state index is 12.9. The van der Waals surface area contributed by atoms with Gasteiger partial charge in [0.15, 0.2) is 0 Å². The molecule has 2 N–H and O–H groups in total. The molecule has 2 aromatic heterocycles. The molecule has 0 spiro atoms. The van der Waals surface area contributed by atoms with Crippen LogP contribution in [0, 0.1) is 0 Å². The Morgan fingerprint density at radius 2 is 1.71 bits per heavy atom. The molecule has 0 bridgehead atoms.